The maximum absolute atomic E-state index is 14.1. The fourth-order valence-corrected chi connectivity index (χ4v) is 2.97. The molecule has 2 aromatic rings. The highest BCUT2D eigenvalue weighted by Gasteiger charge is 2.26. The van der Waals surface area contributed by atoms with Gasteiger partial charge in [-0.3, -0.25) is 9.59 Å². The summed E-state index contributed by atoms with van der Waals surface area (Å²) in [6.07, 6.45) is 2.71. The van der Waals surface area contributed by atoms with E-state index in [1.165, 1.54) is 11.0 Å². The quantitative estimate of drug-likeness (QED) is 0.627. The van der Waals surface area contributed by atoms with Crippen molar-refractivity contribution in [1.82, 2.24) is 10.2 Å². The first-order chi connectivity index (χ1) is 13.5. The van der Waals surface area contributed by atoms with Gasteiger partial charge in [-0.05, 0) is 31.4 Å². The zero-order chi connectivity index (χ0) is 20.4. The maximum Gasteiger partial charge on any atom is 0.242 e. The molecule has 0 heterocycles. The second-order valence-electron chi connectivity index (χ2n) is 6.92. The molecule has 0 fully saturated rings. The molecule has 0 aromatic heterocycles. The lowest BCUT2D eigenvalue weighted by atomic mass is 10.1. The average Bonchev–Trinajstić information content (AvgIpc) is 2.71. The normalized spacial score (nSPS) is 11.7. The minimum absolute atomic E-state index is 0.0721. The van der Waals surface area contributed by atoms with Crippen LogP contribution in [0.15, 0.2) is 54.6 Å². The number of unbranched alkanes of at least 4 members (excludes halogenated alkanes) is 1. The highest BCUT2D eigenvalue weighted by molar-refractivity contribution is 5.87. The Labute approximate surface area is 166 Å². The van der Waals surface area contributed by atoms with Gasteiger partial charge in [-0.15, -0.1) is 0 Å². The minimum Gasteiger partial charge on any atom is -0.354 e. The topological polar surface area (TPSA) is 49.4 Å². The van der Waals surface area contributed by atoms with Crippen molar-refractivity contribution in [1.29, 1.82) is 0 Å². The Balaban J connectivity index is 2.11. The predicted molar refractivity (Wildman–Crippen MR) is 109 cm³/mol. The Kier molecular flexibility index (Phi) is 8.66. The first-order valence-corrected chi connectivity index (χ1v) is 9.87. The van der Waals surface area contributed by atoms with Crippen LogP contribution in [-0.4, -0.2) is 29.3 Å². The van der Waals surface area contributed by atoms with Crippen LogP contribution >= 0.6 is 0 Å². The third-order valence-corrected chi connectivity index (χ3v) is 4.77. The molecule has 0 aliphatic rings. The van der Waals surface area contributed by atoms with Crippen LogP contribution in [0.25, 0.3) is 0 Å². The number of halogens is 1. The number of amides is 2. The molecule has 0 unspecified atom stereocenters. The molecule has 0 aliphatic heterocycles. The maximum atomic E-state index is 14.1. The van der Waals surface area contributed by atoms with Gasteiger partial charge in [0, 0.05) is 25.1 Å². The Hall–Kier alpha value is -2.69. The van der Waals surface area contributed by atoms with Gasteiger partial charge in [0.25, 0.3) is 0 Å². The van der Waals surface area contributed by atoms with Crippen LogP contribution in [0.2, 0.25) is 0 Å². The molecule has 0 saturated carbocycles. The van der Waals surface area contributed by atoms with E-state index in [4.69, 9.17) is 0 Å². The summed E-state index contributed by atoms with van der Waals surface area (Å²) in [7, 11) is 0. The second-order valence-corrected chi connectivity index (χ2v) is 6.92. The zero-order valence-electron chi connectivity index (χ0n) is 16.7. The van der Waals surface area contributed by atoms with Gasteiger partial charge in [-0.1, -0.05) is 61.9 Å². The second kappa shape index (κ2) is 11.2. The monoisotopic (exact) mass is 384 g/mol. The molecule has 0 radical (unpaired) electrons. The standard InChI is InChI=1S/C23H29FN2O2/c1-3-4-16-25-23(28)18(2)26(17-20-12-8-9-13-21(20)24)22(27)15-14-19-10-6-5-7-11-19/h5-13,18H,3-4,14-17H2,1-2H3,(H,25,28)/t18-/m1/s1. The van der Waals surface area contributed by atoms with E-state index in [1.807, 2.05) is 37.3 Å². The van der Waals surface area contributed by atoms with Crippen molar-refractivity contribution in [3.8, 4) is 0 Å². The molecule has 5 heteroatoms. The summed E-state index contributed by atoms with van der Waals surface area (Å²) >= 11 is 0. The van der Waals surface area contributed by atoms with Gasteiger partial charge < -0.3 is 10.2 Å². The number of rotatable bonds is 10. The Morgan fingerprint density at radius 3 is 2.43 bits per heavy atom. The molecule has 4 nitrogen and oxygen atoms in total. The van der Waals surface area contributed by atoms with Gasteiger partial charge >= 0.3 is 0 Å². The van der Waals surface area contributed by atoms with E-state index in [9.17, 15) is 14.0 Å². The van der Waals surface area contributed by atoms with Crippen molar-refractivity contribution < 1.29 is 14.0 Å². The minimum atomic E-state index is -0.667. The third kappa shape index (κ3) is 6.48. The van der Waals surface area contributed by atoms with Crippen LogP contribution in [0.5, 0.6) is 0 Å². The smallest absolute Gasteiger partial charge is 0.242 e. The number of hydrogen-bond acceptors (Lipinski definition) is 2. The van der Waals surface area contributed by atoms with Gasteiger partial charge in [0.1, 0.15) is 11.9 Å². The van der Waals surface area contributed by atoms with Crippen molar-refractivity contribution in [2.24, 2.45) is 0 Å². The number of carbonyl (C=O) groups is 2. The summed E-state index contributed by atoms with van der Waals surface area (Å²) in [5, 5.41) is 2.87. The van der Waals surface area contributed by atoms with Crippen molar-refractivity contribution in [3.63, 3.8) is 0 Å². The van der Waals surface area contributed by atoms with E-state index in [0.29, 0.717) is 18.5 Å². The Morgan fingerprint density at radius 1 is 1.07 bits per heavy atom. The Bertz CT molecular complexity index is 764. The number of hydrogen-bond donors (Lipinski definition) is 1. The molecule has 0 aliphatic carbocycles. The molecular formula is C23H29FN2O2. The fraction of sp³-hybridized carbons (Fsp3) is 0.391. The molecule has 150 valence electrons. The highest BCUT2D eigenvalue weighted by atomic mass is 19.1. The van der Waals surface area contributed by atoms with E-state index in [1.54, 1.807) is 25.1 Å². The summed E-state index contributed by atoms with van der Waals surface area (Å²) in [6.45, 7) is 4.39. The Morgan fingerprint density at radius 2 is 1.75 bits per heavy atom. The summed E-state index contributed by atoms with van der Waals surface area (Å²) < 4.78 is 14.1. The lowest BCUT2D eigenvalue weighted by Crippen LogP contribution is -2.48. The van der Waals surface area contributed by atoms with E-state index in [0.717, 1.165) is 18.4 Å². The average molecular weight is 384 g/mol. The van der Waals surface area contributed by atoms with Crippen molar-refractivity contribution in [3.05, 3.63) is 71.5 Å². The first-order valence-electron chi connectivity index (χ1n) is 9.87. The van der Waals surface area contributed by atoms with E-state index >= 15 is 0 Å². The zero-order valence-corrected chi connectivity index (χ0v) is 16.7. The molecule has 2 aromatic carbocycles. The highest BCUT2D eigenvalue weighted by Crippen LogP contribution is 2.15. The van der Waals surface area contributed by atoms with Gasteiger partial charge in [-0.25, -0.2) is 4.39 Å². The van der Waals surface area contributed by atoms with Crippen LogP contribution in [-0.2, 0) is 22.6 Å². The largest absolute Gasteiger partial charge is 0.354 e. The third-order valence-electron chi connectivity index (χ3n) is 4.77. The van der Waals surface area contributed by atoms with Gasteiger partial charge in [0.15, 0.2) is 0 Å². The van der Waals surface area contributed by atoms with Gasteiger partial charge in [0.05, 0.1) is 0 Å². The van der Waals surface area contributed by atoms with Gasteiger partial charge in [0.2, 0.25) is 11.8 Å². The van der Waals surface area contributed by atoms with Crippen molar-refractivity contribution in [2.45, 2.75) is 52.1 Å². The van der Waals surface area contributed by atoms with Crippen molar-refractivity contribution >= 4 is 11.8 Å². The van der Waals surface area contributed by atoms with Crippen LogP contribution in [0.3, 0.4) is 0 Å². The molecular weight excluding hydrogens is 355 g/mol. The predicted octanol–water partition coefficient (Wildman–Crippen LogP) is 4.09. The first kappa shape index (κ1) is 21.6. The van der Waals surface area contributed by atoms with E-state index in [-0.39, 0.29) is 30.6 Å². The number of nitrogens with one attached hydrogen (secondary N) is 1. The summed E-state index contributed by atoms with van der Waals surface area (Å²) in [4.78, 5) is 26.9. The van der Waals surface area contributed by atoms with Crippen LogP contribution in [0.1, 0.15) is 44.2 Å². The molecule has 2 amide bonds. The number of benzene rings is 2. The fourth-order valence-electron chi connectivity index (χ4n) is 2.97. The summed E-state index contributed by atoms with van der Waals surface area (Å²) in [5.74, 6) is -0.745. The van der Waals surface area contributed by atoms with Gasteiger partial charge in [-0.2, -0.15) is 0 Å². The van der Waals surface area contributed by atoms with Crippen LogP contribution in [0.4, 0.5) is 4.39 Å². The van der Waals surface area contributed by atoms with Crippen LogP contribution in [0, 0.1) is 5.82 Å². The molecule has 0 bridgehead atoms. The SMILES string of the molecule is CCCCNC(=O)[C@@H](C)N(Cc1ccccc1F)C(=O)CCc1ccccc1. The van der Waals surface area contributed by atoms with Crippen LogP contribution < -0.4 is 5.32 Å². The van der Waals surface area contributed by atoms with E-state index in [2.05, 4.69) is 5.32 Å². The molecule has 0 saturated heterocycles. The van der Waals surface area contributed by atoms with Crippen molar-refractivity contribution in [2.75, 3.05) is 6.54 Å². The molecule has 28 heavy (non-hydrogen) atoms. The number of carbonyl (C=O) groups excluding carboxylic acids is 2. The molecule has 2 rings (SSSR count). The van der Waals surface area contributed by atoms with E-state index < -0.39 is 6.04 Å². The molecule has 1 atom stereocenters. The number of nitrogens with zero attached hydrogens (tertiary/aromatic N) is 1. The lowest BCUT2D eigenvalue weighted by molar-refractivity contribution is -0.140. The summed E-state index contributed by atoms with van der Waals surface area (Å²) in [5.41, 5.74) is 1.46. The number of aryl methyl sites for hydroxylation is 1. The lowest BCUT2D eigenvalue weighted by Gasteiger charge is -2.29. The molecule has 1 N–H and O–H groups in total. The molecule has 0 spiro atoms. The summed E-state index contributed by atoms with van der Waals surface area (Å²) in [6, 6.07) is 15.4.